The molecule has 0 bridgehead atoms. The Labute approximate surface area is 206 Å². The van der Waals surface area contributed by atoms with Gasteiger partial charge in [-0.25, -0.2) is 0 Å². The van der Waals surface area contributed by atoms with Crippen molar-refractivity contribution >= 4 is 5.78 Å². The van der Waals surface area contributed by atoms with Crippen molar-refractivity contribution in [3.8, 4) is 0 Å². The van der Waals surface area contributed by atoms with Crippen LogP contribution in [-0.2, 0) is 4.79 Å². The molecule has 0 radical (unpaired) electrons. The zero-order chi connectivity index (χ0) is 25.2. The molecule has 4 fully saturated rings. The third-order valence-electron chi connectivity index (χ3n) is 11.4. The Morgan fingerprint density at radius 1 is 1.00 bits per heavy atom. The van der Waals surface area contributed by atoms with Gasteiger partial charge >= 0.3 is 0 Å². The first-order valence-electron chi connectivity index (χ1n) is 13.8. The molecule has 4 N–H and O–H groups in total. The van der Waals surface area contributed by atoms with Gasteiger partial charge in [0.15, 0.2) is 0 Å². The highest BCUT2D eigenvalue weighted by Gasteiger charge is 2.63. The van der Waals surface area contributed by atoms with Gasteiger partial charge in [0.25, 0.3) is 0 Å². The average Bonchev–Trinajstić information content (AvgIpc) is 3.12. The fourth-order valence-electron chi connectivity index (χ4n) is 9.54. The molecular weight excluding hydrogens is 428 g/mol. The molecule has 34 heavy (non-hydrogen) atoms. The predicted molar refractivity (Wildman–Crippen MR) is 133 cm³/mol. The number of aliphatic hydroxyl groups is 4. The van der Waals surface area contributed by atoms with Crippen LogP contribution in [0.15, 0.2) is 11.6 Å². The summed E-state index contributed by atoms with van der Waals surface area (Å²) in [6.45, 7) is 12.7. The van der Waals surface area contributed by atoms with Crippen LogP contribution >= 0.6 is 0 Å². The fraction of sp³-hybridized carbons (Fsp3) is 0.897. The second kappa shape index (κ2) is 9.28. The van der Waals surface area contributed by atoms with E-state index < -0.39 is 24.4 Å². The Morgan fingerprint density at radius 2 is 1.65 bits per heavy atom. The largest absolute Gasteiger partial charge is 0.390 e. The molecule has 0 spiro atoms. The van der Waals surface area contributed by atoms with E-state index in [4.69, 9.17) is 0 Å². The van der Waals surface area contributed by atoms with Gasteiger partial charge in [0.05, 0.1) is 18.3 Å². The van der Waals surface area contributed by atoms with E-state index in [0.29, 0.717) is 42.9 Å². The molecule has 4 aliphatic carbocycles. The number of aliphatic hydroxyl groups excluding tert-OH is 4. The van der Waals surface area contributed by atoms with E-state index in [2.05, 4.69) is 34.6 Å². The molecule has 4 aliphatic rings. The summed E-state index contributed by atoms with van der Waals surface area (Å²) in [5.41, 5.74) is 0.709. The van der Waals surface area contributed by atoms with Gasteiger partial charge in [-0.3, -0.25) is 4.79 Å². The maximum absolute atomic E-state index is 13.3. The van der Waals surface area contributed by atoms with Crippen molar-refractivity contribution in [2.75, 3.05) is 0 Å². The van der Waals surface area contributed by atoms with Crippen molar-refractivity contribution in [3.63, 3.8) is 0 Å². The smallest absolute Gasteiger partial charge is 0.136 e. The van der Waals surface area contributed by atoms with Crippen LogP contribution in [0.4, 0.5) is 0 Å². The Hall–Kier alpha value is -0.750. The number of allylic oxidation sites excluding steroid dienone is 1. The second-order valence-corrected chi connectivity index (χ2v) is 13.1. The van der Waals surface area contributed by atoms with E-state index in [1.807, 2.05) is 13.0 Å². The van der Waals surface area contributed by atoms with Gasteiger partial charge in [0, 0.05) is 12.3 Å². The standard InChI is InChI=1S/C29H48O5/c1-7-17(15(2)3)27(34)26(33)16(4)19-8-9-20-18-12-23(30)22-13-24(31)25(32)14-29(22,6)21(18)10-11-28(19,20)5/h7,15-16,18-22,24-27,31-34H,8-14H2,1-6H3/t16-,18?,19+,20?,21?,22?,24-,25+,26+,27+,28+,29+/m0/s1. The van der Waals surface area contributed by atoms with Gasteiger partial charge in [-0.1, -0.05) is 40.7 Å². The lowest BCUT2D eigenvalue weighted by atomic mass is 9.44. The van der Waals surface area contributed by atoms with Crippen LogP contribution < -0.4 is 0 Å². The van der Waals surface area contributed by atoms with Gasteiger partial charge in [0.2, 0.25) is 0 Å². The van der Waals surface area contributed by atoms with Gasteiger partial charge < -0.3 is 20.4 Å². The number of rotatable bonds is 5. The minimum atomic E-state index is -0.843. The average molecular weight is 477 g/mol. The van der Waals surface area contributed by atoms with Crippen LogP contribution in [0.1, 0.15) is 86.5 Å². The number of hydrogen-bond donors (Lipinski definition) is 4. The van der Waals surface area contributed by atoms with E-state index in [0.717, 1.165) is 31.3 Å². The number of Topliss-reactive ketones (excluding diaryl/α,β-unsaturated/α-hetero) is 1. The van der Waals surface area contributed by atoms with Crippen molar-refractivity contribution in [2.45, 2.75) is 111 Å². The van der Waals surface area contributed by atoms with Crippen molar-refractivity contribution < 1.29 is 25.2 Å². The molecular formula is C29H48O5. The number of fused-ring (bicyclic) bond motifs is 5. The molecule has 0 aliphatic heterocycles. The predicted octanol–water partition coefficient (Wildman–Crippen LogP) is 4.12. The van der Waals surface area contributed by atoms with Gasteiger partial charge in [-0.2, -0.15) is 0 Å². The van der Waals surface area contributed by atoms with E-state index in [1.54, 1.807) is 0 Å². The van der Waals surface area contributed by atoms with Crippen molar-refractivity contribution in [1.82, 2.24) is 0 Å². The summed E-state index contributed by atoms with van der Waals surface area (Å²) >= 11 is 0. The summed E-state index contributed by atoms with van der Waals surface area (Å²) in [6.07, 6.45) is 4.47. The monoisotopic (exact) mass is 476 g/mol. The molecule has 194 valence electrons. The van der Waals surface area contributed by atoms with Gasteiger partial charge in [-0.05, 0) is 97.4 Å². The van der Waals surface area contributed by atoms with Crippen LogP contribution in [0.25, 0.3) is 0 Å². The van der Waals surface area contributed by atoms with Crippen molar-refractivity contribution in [3.05, 3.63) is 11.6 Å². The van der Waals surface area contributed by atoms with Crippen molar-refractivity contribution in [1.29, 1.82) is 0 Å². The maximum atomic E-state index is 13.3. The van der Waals surface area contributed by atoms with Crippen LogP contribution in [0.3, 0.4) is 0 Å². The molecule has 5 nitrogen and oxygen atoms in total. The number of carbonyl (C=O) groups excluding carboxylic acids is 1. The lowest BCUT2D eigenvalue weighted by Crippen LogP contribution is -2.59. The SMILES string of the molecule is CC=C(C(C)C)[C@@H](O)[C@H](O)[C@@H](C)[C@H]1CCC2C3CC(=O)C4C[C@H](O)[C@H](O)C[C@]4(C)C3CC[C@@]21C. The summed E-state index contributed by atoms with van der Waals surface area (Å²) in [5, 5.41) is 43.0. The van der Waals surface area contributed by atoms with E-state index in [-0.39, 0.29) is 34.4 Å². The number of hydrogen-bond acceptors (Lipinski definition) is 5. The normalized spacial score (nSPS) is 47.6. The topological polar surface area (TPSA) is 98.0 Å². The highest BCUT2D eigenvalue weighted by atomic mass is 16.3. The second-order valence-electron chi connectivity index (χ2n) is 13.1. The molecule has 0 aromatic rings. The van der Waals surface area contributed by atoms with Crippen LogP contribution in [0, 0.1) is 52.3 Å². The molecule has 5 heteroatoms. The highest BCUT2D eigenvalue weighted by molar-refractivity contribution is 5.83. The molecule has 4 rings (SSSR count). The summed E-state index contributed by atoms with van der Waals surface area (Å²) in [7, 11) is 0. The molecule has 0 saturated heterocycles. The molecule has 4 saturated carbocycles. The van der Waals surface area contributed by atoms with Crippen molar-refractivity contribution in [2.24, 2.45) is 52.3 Å². The minimum Gasteiger partial charge on any atom is -0.390 e. The zero-order valence-electron chi connectivity index (χ0n) is 22.1. The van der Waals surface area contributed by atoms with Gasteiger partial charge in [-0.15, -0.1) is 0 Å². The Balaban J connectivity index is 1.56. The lowest BCUT2D eigenvalue weighted by Gasteiger charge is -2.61. The quantitative estimate of drug-likeness (QED) is 0.448. The van der Waals surface area contributed by atoms with E-state index in [9.17, 15) is 25.2 Å². The first-order chi connectivity index (χ1) is 15.9. The Kier molecular flexibility index (Phi) is 7.18. The summed E-state index contributed by atoms with van der Waals surface area (Å²) in [5.74, 6) is 1.76. The fourth-order valence-corrected chi connectivity index (χ4v) is 9.54. The highest BCUT2D eigenvalue weighted by Crippen LogP contribution is 2.67. The first-order valence-corrected chi connectivity index (χ1v) is 13.8. The van der Waals surface area contributed by atoms with Crippen LogP contribution in [0.2, 0.25) is 0 Å². The Bertz CT molecular complexity index is 806. The summed E-state index contributed by atoms with van der Waals surface area (Å²) < 4.78 is 0. The van der Waals surface area contributed by atoms with Gasteiger partial charge in [0.1, 0.15) is 11.9 Å². The number of carbonyl (C=O) groups is 1. The Morgan fingerprint density at radius 3 is 2.26 bits per heavy atom. The third-order valence-corrected chi connectivity index (χ3v) is 11.4. The lowest BCUT2D eigenvalue weighted by molar-refractivity contribution is -0.174. The summed E-state index contributed by atoms with van der Waals surface area (Å²) in [4.78, 5) is 13.3. The van der Waals surface area contributed by atoms with Crippen LogP contribution in [-0.4, -0.2) is 50.6 Å². The summed E-state index contributed by atoms with van der Waals surface area (Å²) in [6, 6.07) is 0. The molecule has 0 heterocycles. The maximum Gasteiger partial charge on any atom is 0.136 e. The minimum absolute atomic E-state index is 0.0236. The number of ketones is 1. The first kappa shape index (κ1) is 26.3. The third kappa shape index (κ3) is 3.93. The van der Waals surface area contributed by atoms with E-state index >= 15 is 0 Å². The molecule has 0 aromatic heterocycles. The zero-order valence-corrected chi connectivity index (χ0v) is 22.1. The molecule has 4 unspecified atom stereocenters. The molecule has 0 amide bonds. The van der Waals surface area contributed by atoms with E-state index in [1.165, 1.54) is 0 Å². The molecule has 0 aromatic carbocycles. The van der Waals surface area contributed by atoms with Crippen LogP contribution in [0.5, 0.6) is 0 Å². The molecule has 12 atom stereocenters.